The first-order chi connectivity index (χ1) is 11.2. The first kappa shape index (κ1) is 15.0. The Morgan fingerprint density at radius 2 is 2.43 bits per heavy atom. The minimum Gasteiger partial charge on any atom is -0.378 e. The lowest BCUT2D eigenvalue weighted by molar-refractivity contribution is -0.169. The van der Waals surface area contributed by atoms with Crippen molar-refractivity contribution in [1.82, 2.24) is 20.0 Å². The van der Waals surface area contributed by atoms with E-state index in [1.807, 2.05) is 29.1 Å². The fourth-order valence-electron chi connectivity index (χ4n) is 3.88. The molecule has 2 fully saturated rings. The number of ether oxygens (including phenoxy) is 1. The Bertz CT molecular complexity index is 677. The van der Waals surface area contributed by atoms with Gasteiger partial charge in [0.05, 0.1) is 18.3 Å². The van der Waals surface area contributed by atoms with Crippen LogP contribution in [0.4, 0.5) is 4.79 Å². The maximum atomic E-state index is 12.2. The highest BCUT2D eigenvalue weighted by Crippen LogP contribution is 2.57. The van der Waals surface area contributed by atoms with E-state index in [1.165, 1.54) is 19.3 Å². The molecular formula is C16H22N4O2S. The average molecular weight is 334 g/mol. The van der Waals surface area contributed by atoms with Gasteiger partial charge >= 0.3 is 6.03 Å². The van der Waals surface area contributed by atoms with E-state index < -0.39 is 0 Å². The number of thiazole rings is 1. The maximum absolute atomic E-state index is 12.2. The minimum absolute atomic E-state index is 0.104. The van der Waals surface area contributed by atoms with E-state index in [-0.39, 0.29) is 17.5 Å². The molecule has 4 rings (SSSR count). The van der Waals surface area contributed by atoms with Crippen molar-refractivity contribution in [2.24, 2.45) is 5.41 Å². The zero-order valence-corrected chi connectivity index (χ0v) is 14.1. The molecule has 7 heteroatoms. The number of aromatic nitrogens is 2. The van der Waals surface area contributed by atoms with E-state index in [0.717, 1.165) is 23.7 Å². The normalized spacial score (nSPS) is 25.1. The fourth-order valence-corrected chi connectivity index (χ4v) is 4.60. The molecule has 2 aliphatic carbocycles. The third-order valence-corrected chi connectivity index (χ3v) is 6.09. The van der Waals surface area contributed by atoms with Crippen LogP contribution in [0.5, 0.6) is 0 Å². The summed E-state index contributed by atoms with van der Waals surface area (Å²) in [5.74, 6) is 0. The molecule has 23 heavy (non-hydrogen) atoms. The van der Waals surface area contributed by atoms with E-state index in [4.69, 9.17) is 4.74 Å². The number of hydrogen-bond acceptors (Lipinski definition) is 4. The second kappa shape index (κ2) is 5.79. The monoisotopic (exact) mass is 334 g/mol. The maximum Gasteiger partial charge on any atom is 0.315 e. The van der Waals surface area contributed by atoms with Crippen LogP contribution in [-0.4, -0.2) is 34.2 Å². The van der Waals surface area contributed by atoms with Crippen molar-refractivity contribution in [1.29, 1.82) is 0 Å². The van der Waals surface area contributed by atoms with Gasteiger partial charge < -0.3 is 15.4 Å². The number of nitrogens with one attached hydrogen (secondary N) is 2. The lowest BCUT2D eigenvalue weighted by atomic mass is 9.51. The Hall–Kier alpha value is -1.60. The van der Waals surface area contributed by atoms with Gasteiger partial charge in [0.2, 0.25) is 0 Å². The topological polar surface area (TPSA) is 67.7 Å². The molecule has 0 radical (unpaired) electrons. The van der Waals surface area contributed by atoms with Crippen LogP contribution in [0, 0.1) is 5.41 Å². The molecule has 0 saturated heterocycles. The van der Waals surface area contributed by atoms with E-state index in [9.17, 15) is 4.79 Å². The van der Waals surface area contributed by atoms with Crippen molar-refractivity contribution >= 4 is 22.3 Å². The molecule has 0 aromatic carbocycles. The predicted molar refractivity (Wildman–Crippen MR) is 88.5 cm³/mol. The molecule has 2 amide bonds. The number of hydrogen-bond donors (Lipinski definition) is 2. The highest BCUT2D eigenvalue weighted by molar-refractivity contribution is 7.15. The lowest BCUT2D eigenvalue weighted by Crippen LogP contribution is -2.68. The number of amides is 2. The van der Waals surface area contributed by atoms with Gasteiger partial charge in [0.15, 0.2) is 4.96 Å². The SMILES string of the molecule is CCOC1CC(NC(=O)NCc2cn3ccsc3n2)C12CCC2. The Morgan fingerprint density at radius 3 is 3.13 bits per heavy atom. The standard InChI is InChI=1S/C16H22N4O2S/c1-2-22-13-8-12(16(13)4-3-5-16)19-14(21)17-9-11-10-20-6-7-23-15(20)18-11/h6-7,10,12-13H,2-5,8-9H2,1H3,(H2,17,19,21). The van der Waals surface area contributed by atoms with Crippen LogP contribution in [-0.2, 0) is 11.3 Å². The minimum atomic E-state index is -0.104. The van der Waals surface area contributed by atoms with Crippen molar-refractivity contribution in [2.45, 2.75) is 51.3 Å². The molecule has 2 N–H and O–H groups in total. The number of urea groups is 1. The highest BCUT2D eigenvalue weighted by Gasteiger charge is 2.59. The van der Waals surface area contributed by atoms with Crippen LogP contribution in [0.1, 0.15) is 38.3 Å². The quantitative estimate of drug-likeness (QED) is 0.883. The van der Waals surface area contributed by atoms with Gasteiger partial charge in [-0.25, -0.2) is 9.78 Å². The fraction of sp³-hybridized carbons (Fsp3) is 0.625. The summed E-state index contributed by atoms with van der Waals surface area (Å²) in [5.41, 5.74) is 1.08. The molecule has 2 saturated carbocycles. The second-order valence-electron chi connectivity index (χ2n) is 6.47. The Labute approximate surface area is 139 Å². The number of imidazole rings is 1. The number of fused-ring (bicyclic) bond motifs is 1. The zero-order chi connectivity index (χ0) is 15.9. The number of carbonyl (C=O) groups is 1. The second-order valence-corrected chi connectivity index (χ2v) is 7.34. The van der Waals surface area contributed by atoms with Crippen molar-refractivity contribution in [3.63, 3.8) is 0 Å². The van der Waals surface area contributed by atoms with E-state index >= 15 is 0 Å². The average Bonchev–Trinajstić information content (AvgIpc) is 3.03. The molecule has 0 bridgehead atoms. The largest absolute Gasteiger partial charge is 0.378 e. The number of carbonyl (C=O) groups excluding carboxylic acids is 1. The van der Waals surface area contributed by atoms with Crippen LogP contribution < -0.4 is 10.6 Å². The lowest BCUT2D eigenvalue weighted by Gasteiger charge is -2.60. The summed E-state index contributed by atoms with van der Waals surface area (Å²) in [6.07, 6.45) is 8.76. The molecule has 2 atom stereocenters. The molecule has 2 aromatic heterocycles. The molecule has 2 heterocycles. The van der Waals surface area contributed by atoms with E-state index in [2.05, 4.69) is 15.6 Å². The van der Waals surface area contributed by atoms with Gasteiger partial charge in [-0.2, -0.15) is 0 Å². The van der Waals surface area contributed by atoms with Crippen molar-refractivity contribution in [3.05, 3.63) is 23.5 Å². The molecular weight excluding hydrogens is 312 g/mol. The summed E-state index contributed by atoms with van der Waals surface area (Å²) in [4.78, 5) is 17.6. The third-order valence-electron chi connectivity index (χ3n) is 5.32. The van der Waals surface area contributed by atoms with Gasteiger partial charge in [-0.1, -0.05) is 6.42 Å². The zero-order valence-electron chi connectivity index (χ0n) is 13.2. The molecule has 2 aromatic rings. The summed E-state index contributed by atoms with van der Waals surface area (Å²) in [6, 6.07) is 0.144. The Kier molecular flexibility index (Phi) is 3.77. The third kappa shape index (κ3) is 2.52. The summed E-state index contributed by atoms with van der Waals surface area (Å²) in [7, 11) is 0. The summed E-state index contributed by atoms with van der Waals surface area (Å²) >= 11 is 1.59. The van der Waals surface area contributed by atoms with Gasteiger partial charge in [-0.15, -0.1) is 11.3 Å². The predicted octanol–water partition coefficient (Wildman–Crippen LogP) is 2.54. The van der Waals surface area contributed by atoms with Crippen LogP contribution in [0.15, 0.2) is 17.8 Å². The summed E-state index contributed by atoms with van der Waals surface area (Å²) in [5, 5.41) is 8.05. The van der Waals surface area contributed by atoms with Crippen LogP contribution in [0.2, 0.25) is 0 Å². The molecule has 124 valence electrons. The van der Waals surface area contributed by atoms with Crippen molar-refractivity contribution in [3.8, 4) is 0 Å². The molecule has 0 aliphatic heterocycles. The first-order valence-electron chi connectivity index (χ1n) is 8.28. The molecule has 2 aliphatic rings. The van der Waals surface area contributed by atoms with Gasteiger partial charge in [0.1, 0.15) is 0 Å². The van der Waals surface area contributed by atoms with E-state index in [1.54, 1.807) is 11.3 Å². The molecule has 1 spiro atoms. The summed E-state index contributed by atoms with van der Waals surface area (Å²) < 4.78 is 7.79. The van der Waals surface area contributed by atoms with Gasteiger partial charge in [-0.05, 0) is 26.2 Å². The number of rotatable bonds is 5. The van der Waals surface area contributed by atoms with Crippen LogP contribution >= 0.6 is 11.3 Å². The molecule has 2 unspecified atom stereocenters. The van der Waals surface area contributed by atoms with Crippen molar-refractivity contribution < 1.29 is 9.53 Å². The van der Waals surface area contributed by atoms with Gasteiger partial charge in [-0.3, -0.25) is 4.40 Å². The van der Waals surface area contributed by atoms with Crippen molar-refractivity contribution in [2.75, 3.05) is 6.61 Å². The van der Waals surface area contributed by atoms with E-state index in [0.29, 0.717) is 12.6 Å². The van der Waals surface area contributed by atoms with Gasteiger partial charge in [0.25, 0.3) is 0 Å². The smallest absolute Gasteiger partial charge is 0.315 e. The Balaban J connectivity index is 1.29. The van der Waals surface area contributed by atoms with Crippen LogP contribution in [0.3, 0.4) is 0 Å². The summed E-state index contributed by atoms with van der Waals surface area (Å²) in [6.45, 7) is 3.24. The highest BCUT2D eigenvalue weighted by atomic mass is 32.1. The first-order valence-corrected chi connectivity index (χ1v) is 9.16. The number of nitrogens with zero attached hydrogens (tertiary/aromatic N) is 2. The van der Waals surface area contributed by atoms with Gasteiger partial charge in [0, 0.05) is 35.8 Å². The Morgan fingerprint density at radius 1 is 1.57 bits per heavy atom. The molecule has 6 nitrogen and oxygen atoms in total. The van der Waals surface area contributed by atoms with Crippen LogP contribution in [0.25, 0.3) is 4.96 Å².